The Morgan fingerprint density at radius 3 is 2.75 bits per heavy atom. The molecule has 90 valence electrons. The van der Waals surface area contributed by atoms with E-state index >= 15 is 0 Å². The highest BCUT2D eigenvalue weighted by atomic mass is 79.9. The zero-order valence-corrected chi connectivity index (χ0v) is 11.7. The van der Waals surface area contributed by atoms with Crippen LogP contribution in [0.3, 0.4) is 0 Å². The maximum absolute atomic E-state index is 9.28. The quantitative estimate of drug-likeness (QED) is 0.904. The second-order valence-electron chi connectivity index (χ2n) is 4.40. The van der Waals surface area contributed by atoms with E-state index in [9.17, 15) is 5.11 Å². The van der Waals surface area contributed by atoms with Crippen molar-refractivity contribution in [2.45, 2.75) is 26.9 Å². The minimum absolute atomic E-state index is 0.0216. The van der Waals surface area contributed by atoms with Crippen LogP contribution >= 0.6 is 15.9 Å². The number of aliphatic hydroxyl groups is 1. The van der Waals surface area contributed by atoms with Crippen molar-refractivity contribution in [3.63, 3.8) is 0 Å². The van der Waals surface area contributed by atoms with Gasteiger partial charge in [-0.25, -0.2) is 4.98 Å². The Bertz CT molecular complexity index is 342. The average Bonchev–Trinajstić information content (AvgIpc) is 2.25. The van der Waals surface area contributed by atoms with Crippen LogP contribution in [0.1, 0.15) is 25.8 Å². The van der Waals surface area contributed by atoms with Crippen LogP contribution in [0, 0.1) is 5.92 Å². The number of hydrogen-bond donors (Lipinski definition) is 1. The van der Waals surface area contributed by atoms with E-state index in [2.05, 4.69) is 39.7 Å². The van der Waals surface area contributed by atoms with Gasteiger partial charge in [-0.2, -0.15) is 0 Å². The molecule has 0 amide bonds. The molecule has 0 radical (unpaired) electrons. The number of rotatable bonds is 5. The molecule has 4 heteroatoms. The van der Waals surface area contributed by atoms with Crippen LogP contribution < -0.4 is 4.90 Å². The number of aromatic nitrogens is 1. The predicted molar refractivity (Wildman–Crippen MR) is 70.6 cm³/mol. The highest BCUT2D eigenvalue weighted by Crippen LogP contribution is 2.21. The van der Waals surface area contributed by atoms with Crippen LogP contribution in [0.15, 0.2) is 16.7 Å². The lowest BCUT2D eigenvalue weighted by molar-refractivity contribution is 0.281. The molecule has 0 atom stereocenters. The Morgan fingerprint density at radius 1 is 1.50 bits per heavy atom. The summed E-state index contributed by atoms with van der Waals surface area (Å²) in [5, 5.41) is 9.28. The summed E-state index contributed by atoms with van der Waals surface area (Å²) in [6.45, 7) is 5.39. The molecular weight excluding hydrogens is 268 g/mol. The van der Waals surface area contributed by atoms with E-state index < -0.39 is 0 Å². The summed E-state index contributed by atoms with van der Waals surface area (Å²) < 4.78 is 0.901. The first-order valence-electron chi connectivity index (χ1n) is 5.51. The molecule has 0 aliphatic heterocycles. The Morgan fingerprint density at radius 2 is 2.19 bits per heavy atom. The number of anilines is 1. The van der Waals surface area contributed by atoms with Crippen molar-refractivity contribution in [1.29, 1.82) is 0 Å². The van der Waals surface area contributed by atoms with E-state index in [0.29, 0.717) is 5.92 Å². The maximum atomic E-state index is 9.28. The summed E-state index contributed by atoms with van der Waals surface area (Å²) in [7, 11) is 2.01. The summed E-state index contributed by atoms with van der Waals surface area (Å²) in [4.78, 5) is 6.44. The van der Waals surface area contributed by atoms with Crippen LogP contribution in [-0.2, 0) is 6.61 Å². The number of aliphatic hydroxyl groups excluding tert-OH is 1. The summed E-state index contributed by atoms with van der Waals surface area (Å²) in [5.74, 6) is 1.54. The lowest BCUT2D eigenvalue weighted by atomic mass is 10.1. The monoisotopic (exact) mass is 286 g/mol. The van der Waals surface area contributed by atoms with Gasteiger partial charge in [-0.3, -0.25) is 0 Å². The SMILES string of the molecule is CC(C)CCN(C)c1ncc(Br)cc1CO. The molecule has 16 heavy (non-hydrogen) atoms. The van der Waals surface area contributed by atoms with E-state index in [4.69, 9.17) is 0 Å². The van der Waals surface area contributed by atoms with Crippen molar-refractivity contribution >= 4 is 21.7 Å². The minimum Gasteiger partial charge on any atom is -0.392 e. The summed E-state index contributed by atoms with van der Waals surface area (Å²) in [5.41, 5.74) is 0.862. The van der Waals surface area contributed by atoms with Gasteiger partial charge in [0.05, 0.1) is 6.61 Å². The number of nitrogens with zero attached hydrogens (tertiary/aromatic N) is 2. The molecule has 1 aromatic rings. The lowest BCUT2D eigenvalue weighted by Crippen LogP contribution is -2.22. The van der Waals surface area contributed by atoms with Gasteiger partial charge in [0.2, 0.25) is 0 Å². The molecule has 1 aromatic heterocycles. The molecule has 0 saturated carbocycles. The topological polar surface area (TPSA) is 36.4 Å². The van der Waals surface area contributed by atoms with E-state index in [0.717, 1.165) is 28.8 Å². The van der Waals surface area contributed by atoms with Gasteiger partial charge < -0.3 is 10.0 Å². The Hall–Kier alpha value is -0.610. The molecule has 0 bridgehead atoms. The normalized spacial score (nSPS) is 10.9. The first kappa shape index (κ1) is 13.5. The van der Waals surface area contributed by atoms with Gasteiger partial charge in [0, 0.05) is 29.8 Å². The van der Waals surface area contributed by atoms with Crippen LogP contribution in [0.25, 0.3) is 0 Å². The number of hydrogen-bond acceptors (Lipinski definition) is 3. The zero-order chi connectivity index (χ0) is 12.1. The Kier molecular flexibility index (Phi) is 5.22. The van der Waals surface area contributed by atoms with Crippen molar-refractivity contribution in [2.24, 2.45) is 5.92 Å². The first-order valence-corrected chi connectivity index (χ1v) is 6.30. The number of halogens is 1. The van der Waals surface area contributed by atoms with Crippen molar-refractivity contribution in [2.75, 3.05) is 18.5 Å². The van der Waals surface area contributed by atoms with Gasteiger partial charge in [-0.15, -0.1) is 0 Å². The summed E-state index contributed by atoms with van der Waals surface area (Å²) in [6.07, 6.45) is 2.89. The van der Waals surface area contributed by atoms with Crippen LogP contribution in [0.4, 0.5) is 5.82 Å². The smallest absolute Gasteiger partial charge is 0.133 e. The van der Waals surface area contributed by atoms with E-state index in [1.54, 1.807) is 6.20 Å². The van der Waals surface area contributed by atoms with Gasteiger partial charge in [0.25, 0.3) is 0 Å². The lowest BCUT2D eigenvalue weighted by Gasteiger charge is -2.21. The fourth-order valence-corrected chi connectivity index (χ4v) is 1.87. The highest BCUT2D eigenvalue weighted by Gasteiger charge is 2.09. The molecule has 0 saturated heterocycles. The first-order chi connectivity index (χ1) is 7.54. The zero-order valence-electron chi connectivity index (χ0n) is 10.1. The van der Waals surface area contributed by atoms with Crippen molar-refractivity contribution in [3.05, 3.63) is 22.3 Å². The second-order valence-corrected chi connectivity index (χ2v) is 5.31. The molecule has 0 aromatic carbocycles. The van der Waals surface area contributed by atoms with Gasteiger partial charge >= 0.3 is 0 Å². The third kappa shape index (κ3) is 3.76. The third-order valence-electron chi connectivity index (χ3n) is 2.48. The average molecular weight is 287 g/mol. The fraction of sp³-hybridized carbons (Fsp3) is 0.583. The van der Waals surface area contributed by atoms with E-state index in [1.807, 2.05) is 13.1 Å². The summed E-state index contributed by atoms with van der Waals surface area (Å²) >= 11 is 3.36. The van der Waals surface area contributed by atoms with Gasteiger partial charge in [0.15, 0.2) is 0 Å². The van der Waals surface area contributed by atoms with Crippen molar-refractivity contribution in [3.8, 4) is 0 Å². The van der Waals surface area contributed by atoms with E-state index in [-0.39, 0.29) is 6.61 Å². The standard InChI is InChI=1S/C12H19BrN2O/c1-9(2)4-5-15(3)12-10(8-16)6-11(13)7-14-12/h6-7,9,16H,4-5,8H2,1-3H3. The Labute approximate surface area is 106 Å². The molecule has 0 unspecified atom stereocenters. The third-order valence-corrected chi connectivity index (χ3v) is 2.92. The molecule has 0 aliphatic rings. The molecule has 1 rings (SSSR count). The van der Waals surface area contributed by atoms with Gasteiger partial charge in [-0.05, 0) is 34.3 Å². The molecule has 1 heterocycles. The van der Waals surface area contributed by atoms with Gasteiger partial charge in [0.1, 0.15) is 5.82 Å². The molecule has 3 nitrogen and oxygen atoms in total. The largest absolute Gasteiger partial charge is 0.392 e. The molecule has 0 fully saturated rings. The molecule has 0 spiro atoms. The maximum Gasteiger partial charge on any atom is 0.133 e. The minimum atomic E-state index is 0.0216. The van der Waals surface area contributed by atoms with Crippen LogP contribution in [0.5, 0.6) is 0 Å². The Balaban J connectivity index is 2.77. The number of pyridine rings is 1. The fourth-order valence-electron chi connectivity index (χ4n) is 1.49. The molecular formula is C12H19BrN2O. The van der Waals surface area contributed by atoms with Crippen LogP contribution in [0.2, 0.25) is 0 Å². The molecule has 0 aliphatic carbocycles. The van der Waals surface area contributed by atoms with Crippen molar-refractivity contribution in [1.82, 2.24) is 4.98 Å². The van der Waals surface area contributed by atoms with Crippen molar-refractivity contribution < 1.29 is 5.11 Å². The highest BCUT2D eigenvalue weighted by molar-refractivity contribution is 9.10. The van der Waals surface area contributed by atoms with E-state index in [1.165, 1.54) is 0 Å². The second kappa shape index (κ2) is 6.21. The van der Waals surface area contributed by atoms with Gasteiger partial charge in [-0.1, -0.05) is 13.8 Å². The van der Waals surface area contributed by atoms with Crippen LogP contribution in [-0.4, -0.2) is 23.7 Å². The predicted octanol–water partition coefficient (Wildman–Crippen LogP) is 2.82. The molecule has 1 N–H and O–H groups in total. The summed E-state index contributed by atoms with van der Waals surface area (Å²) in [6, 6.07) is 1.91.